The van der Waals surface area contributed by atoms with Crippen LogP contribution < -0.4 is 10.6 Å². The average Bonchev–Trinajstić information content (AvgIpc) is 3.04. The van der Waals surface area contributed by atoms with Crippen LogP contribution in [0.4, 0.5) is 0 Å². The van der Waals surface area contributed by atoms with Gasteiger partial charge < -0.3 is 15.5 Å². The summed E-state index contributed by atoms with van der Waals surface area (Å²) in [4.78, 5) is 7.27. The molecular formula is C17H30N4S. The molecule has 0 radical (unpaired) electrons. The molecule has 1 aromatic rings. The third kappa shape index (κ3) is 5.97. The molecule has 1 saturated heterocycles. The molecule has 1 aromatic heterocycles. The van der Waals surface area contributed by atoms with Crippen LogP contribution in [0, 0.1) is 0 Å². The molecular weight excluding hydrogens is 292 g/mol. The third-order valence-electron chi connectivity index (χ3n) is 4.20. The molecule has 2 heterocycles. The van der Waals surface area contributed by atoms with Gasteiger partial charge in [-0.2, -0.15) is 11.3 Å². The third-order valence-corrected chi connectivity index (χ3v) is 4.93. The topological polar surface area (TPSA) is 39.7 Å². The number of nitrogens with one attached hydrogen (secondary N) is 2. The van der Waals surface area contributed by atoms with Crippen molar-refractivity contribution in [1.29, 1.82) is 0 Å². The first kappa shape index (κ1) is 17.3. The van der Waals surface area contributed by atoms with Crippen LogP contribution in [-0.4, -0.2) is 43.1 Å². The second-order valence-electron chi connectivity index (χ2n) is 5.99. The average molecular weight is 323 g/mol. The van der Waals surface area contributed by atoms with Crippen LogP contribution in [0.5, 0.6) is 0 Å². The van der Waals surface area contributed by atoms with E-state index >= 15 is 0 Å². The highest BCUT2D eigenvalue weighted by molar-refractivity contribution is 7.07. The van der Waals surface area contributed by atoms with E-state index in [0.717, 1.165) is 31.6 Å². The van der Waals surface area contributed by atoms with Crippen molar-refractivity contribution in [3.63, 3.8) is 0 Å². The maximum atomic E-state index is 4.64. The first-order chi connectivity index (χ1) is 10.8. The number of aliphatic imine (C=N–C) groups is 1. The van der Waals surface area contributed by atoms with Crippen molar-refractivity contribution in [2.45, 2.75) is 52.1 Å². The van der Waals surface area contributed by atoms with Crippen LogP contribution in [0.25, 0.3) is 0 Å². The summed E-state index contributed by atoms with van der Waals surface area (Å²) >= 11 is 1.73. The summed E-state index contributed by atoms with van der Waals surface area (Å²) in [5, 5.41) is 11.0. The Morgan fingerprint density at radius 2 is 2.32 bits per heavy atom. The highest BCUT2D eigenvalue weighted by Gasteiger charge is 2.16. The predicted octanol–water partition coefficient (Wildman–Crippen LogP) is 3.07. The fourth-order valence-electron chi connectivity index (χ4n) is 2.87. The van der Waals surface area contributed by atoms with Crippen LogP contribution in [0.1, 0.15) is 45.1 Å². The molecule has 2 N–H and O–H groups in total. The lowest BCUT2D eigenvalue weighted by atomic mass is 10.0. The largest absolute Gasteiger partial charge is 0.357 e. The van der Waals surface area contributed by atoms with E-state index in [-0.39, 0.29) is 0 Å². The number of thiophene rings is 1. The summed E-state index contributed by atoms with van der Waals surface area (Å²) in [6.45, 7) is 9.57. The Labute approximate surface area is 139 Å². The molecule has 1 fully saturated rings. The number of rotatable bonds is 7. The molecule has 1 unspecified atom stereocenters. The number of likely N-dealkylation sites (tertiary alicyclic amines) is 1. The zero-order valence-electron chi connectivity index (χ0n) is 14.0. The molecule has 22 heavy (non-hydrogen) atoms. The van der Waals surface area contributed by atoms with Gasteiger partial charge in [0.25, 0.3) is 0 Å². The Morgan fingerprint density at radius 3 is 3.05 bits per heavy atom. The standard InChI is InChI=1S/C17H30N4S/c1-3-18-17(20-13-16-8-12-22-14-16)19-9-6-11-21-10-5-4-7-15(21)2/h8,12,14-15H,3-7,9-11,13H2,1-2H3,(H2,18,19,20). The zero-order chi connectivity index (χ0) is 15.6. The minimum Gasteiger partial charge on any atom is -0.357 e. The molecule has 1 atom stereocenters. The molecule has 0 bridgehead atoms. The van der Waals surface area contributed by atoms with Gasteiger partial charge in [0.15, 0.2) is 5.96 Å². The fraction of sp³-hybridized carbons (Fsp3) is 0.706. The SMILES string of the molecule is CCNC(=NCc1ccsc1)NCCCN1CCCCC1C. The van der Waals surface area contributed by atoms with Gasteiger partial charge in [-0.05, 0) is 62.0 Å². The smallest absolute Gasteiger partial charge is 0.191 e. The summed E-state index contributed by atoms with van der Waals surface area (Å²) in [6.07, 6.45) is 5.30. The predicted molar refractivity (Wildman–Crippen MR) is 96.6 cm³/mol. The minimum atomic E-state index is 0.752. The summed E-state index contributed by atoms with van der Waals surface area (Å²) in [6, 6.07) is 2.89. The molecule has 4 nitrogen and oxygen atoms in total. The van der Waals surface area contributed by atoms with E-state index in [0.29, 0.717) is 0 Å². The summed E-state index contributed by atoms with van der Waals surface area (Å²) in [7, 11) is 0. The lowest BCUT2D eigenvalue weighted by Gasteiger charge is -2.33. The van der Waals surface area contributed by atoms with Crippen molar-refractivity contribution in [2.75, 3.05) is 26.2 Å². The van der Waals surface area contributed by atoms with E-state index in [1.54, 1.807) is 11.3 Å². The molecule has 1 aliphatic rings. The van der Waals surface area contributed by atoms with Crippen molar-refractivity contribution in [1.82, 2.24) is 15.5 Å². The Morgan fingerprint density at radius 1 is 1.41 bits per heavy atom. The molecule has 1 aliphatic heterocycles. The maximum absolute atomic E-state index is 4.64. The first-order valence-electron chi connectivity index (χ1n) is 8.57. The molecule has 0 spiro atoms. The van der Waals surface area contributed by atoms with Crippen molar-refractivity contribution in [3.8, 4) is 0 Å². The number of nitrogens with zero attached hydrogens (tertiary/aromatic N) is 2. The van der Waals surface area contributed by atoms with Gasteiger partial charge in [-0.15, -0.1) is 0 Å². The highest BCUT2D eigenvalue weighted by Crippen LogP contribution is 2.16. The second kappa shape index (κ2) is 9.85. The highest BCUT2D eigenvalue weighted by atomic mass is 32.1. The van der Waals surface area contributed by atoms with E-state index in [4.69, 9.17) is 0 Å². The monoisotopic (exact) mass is 322 g/mol. The van der Waals surface area contributed by atoms with Gasteiger partial charge in [-0.1, -0.05) is 6.42 Å². The van der Waals surface area contributed by atoms with Crippen LogP contribution in [0.2, 0.25) is 0 Å². The van der Waals surface area contributed by atoms with Crippen LogP contribution in [0.15, 0.2) is 21.8 Å². The molecule has 0 saturated carbocycles. The Balaban J connectivity index is 1.68. The quantitative estimate of drug-likeness (QED) is 0.460. The van der Waals surface area contributed by atoms with Gasteiger partial charge in [0.2, 0.25) is 0 Å². The second-order valence-corrected chi connectivity index (χ2v) is 6.77. The van der Waals surface area contributed by atoms with Gasteiger partial charge in [-0.3, -0.25) is 0 Å². The molecule has 5 heteroatoms. The van der Waals surface area contributed by atoms with Gasteiger partial charge in [0.1, 0.15) is 0 Å². The molecule has 124 valence electrons. The summed E-state index contributed by atoms with van der Waals surface area (Å²) < 4.78 is 0. The van der Waals surface area contributed by atoms with E-state index in [1.165, 1.54) is 44.3 Å². The summed E-state index contributed by atoms with van der Waals surface area (Å²) in [5.41, 5.74) is 1.28. The first-order valence-corrected chi connectivity index (χ1v) is 9.51. The van der Waals surface area contributed by atoms with E-state index < -0.39 is 0 Å². The fourth-order valence-corrected chi connectivity index (χ4v) is 3.53. The van der Waals surface area contributed by atoms with Crippen molar-refractivity contribution < 1.29 is 0 Å². The van der Waals surface area contributed by atoms with Gasteiger partial charge in [0.05, 0.1) is 6.54 Å². The van der Waals surface area contributed by atoms with Gasteiger partial charge in [0, 0.05) is 25.7 Å². The number of guanidine groups is 1. The van der Waals surface area contributed by atoms with Crippen molar-refractivity contribution in [3.05, 3.63) is 22.4 Å². The number of hydrogen-bond donors (Lipinski definition) is 2. The molecule has 0 amide bonds. The zero-order valence-corrected chi connectivity index (χ0v) is 14.8. The van der Waals surface area contributed by atoms with Gasteiger partial charge >= 0.3 is 0 Å². The van der Waals surface area contributed by atoms with E-state index in [2.05, 4.69) is 51.2 Å². The summed E-state index contributed by atoms with van der Waals surface area (Å²) in [5.74, 6) is 0.931. The Kier molecular flexibility index (Phi) is 7.74. The Bertz CT molecular complexity index is 430. The van der Waals surface area contributed by atoms with Crippen molar-refractivity contribution >= 4 is 17.3 Å². The van der Waals surface area contributed by atoms with Gasteiger partial charge in [-0.25, -0.2) is 4.99 Å². The number of piperidine rings is 1. The lowest BCUT2D eigenvalue weighted by Crippen LogP contribution is -2.41. The van der Waals surface area contributed by atoms with Crippen LogP contribution in [0.3, 0.4) is 0 Å². The minimum absolute atomic E-state index is 0.752. The van der Waals surface area contributed by atoms with Crippen molar-refractivity contribution in [2.24, 2.45) is 4.99 Å². The van der Waals surface area contributed by atoms with E-state index in [9.17, 15) is 0 Å². The van der Waals surface area contributed by atoms with E-state index in [1.807, 2.05) is 0 Å². The number of hydrogen-bond acceptors (Lipinski definition) is 3. The van der Waals surface area contributed by atoms with Crippen LogP contribution in [-0.2, 0) is 6.54 Å². The molecule has 2 rings (SSSR count). The normalized spacial score (nSPS) is 20.1. The molecule has 0 aromatic carbocycles. The Hall–Kier alpha value is -1.07. The van der Waals surface area contributed by atoms with Crippen LogP contribution >= 0.6 is 11.3 Å². The lowest BCUT2D eigenvalue weighted by molar-refractivity contribution is 0.159. The maximum Gasteiger partial charge on any atom is 0.191 e. The molecule has 0 aliphatic carbocycles.